The van der Waals surface area contributed by atoms with Gasteiger partial charge < -0.3 is 19.5 Å². The van der Waals surface area contributed by atoms with Gasteiger partial charge in [-0.25, -0.2) is 0 Å². The Bertz CT molecular complexity index is 452. The van der Waals surface area contributed by atoms with Crippen LogP contribution in [-0.4, -0.2) is 35.1 Å². The van der Waals surface area contributed by atoms with Crippen LogP contribution in [0.5, 0.6) is 5.75 Å². The fraction of sp³-hybridized carbons (Fsp3) is 0.600. The van der Waals surface area contributed by atoms with Gasteiger partial charge in [0.25, 0.3) is 0 Å². The van der Waals surface area contributed by atoms with Gasteiger partial charge in [-0.2, -0.15) is 0 Å². The highest BCUT2D eigenvalue weighted by molar-refractivity contribution is 6.60. The summed E-state index contributed by atoms with van der Waals surface area (Å²) in [5.74, 6) is 0.700. The third-order valence-corrected chi connectivity index (χ3v) is 3.55. The van der Waals surface area contributed by atoms with Gasteiger partial charge in [-0.05, 0) is 64.7 Å². The minimum Gasteiger partial charge on any atom is -0.494 e. The quantitative estimate of drug-likeness (QED) is 0.778. The molecule has 0 saturated heterocycles. The van der Waals surface area contributed by atoms with E-state index < -0.39 is 18.3 Å². The molecule has 0 amide bonds. The molecular weight excluding hydrogens is 255 g/mol. The van der Waals surface area contributed by atoms with Crippen molar-refractivity contribution < 1.29 is 19.5 Å². The highest BCUT2D eigenvalue weighted by Gasteiger charge is 2.39. The summed E-state index contributed by atoms with van der Waals surface area (Å²) in [7, 11) is -1.12. The van der Waals surface area contributed by atoms with E-state index in [1.165, 1.54) is 0 Å². The molecule has 1 aromatic rings. The monoisotopic (exact) mass is 280 g/mol. The number of aryl methyl sites for hydroxylation is 1. The third kappa shape index (κ3) is 4.23. The van der Waals surface area contributed by atoms with Crippen molar-refractivity contribution in [1.29, 1.82) is 0 Å². The van der Waals surface area contributed by atoms with Gasteiger partial charge in [0.2, 0.25) is 0 Å². The maximum Gasteiger partial charge on any atom is 0.491 e. The van der Waals surface area contributed by atoms with E-state index in [2.05, 4.69) is 0 Å². The fourth-order valence-electron chi connectivity index (χ4n) is 1.66. The summed E-state index contributed by atoms with van der Waals surface area (Å²) in [6.45, 7) is 11.2. The topological polar surface area (TPSA) is 58.9 Å². The lowest BCUT2D eigenvalue weighted by atomic mass is 9.76. The average molecular weight is 280 g/mol. The zero-order valence-corrected chi connectivity index (χ0v) is 13.2. The van der Waals surface area contributed by atoms with Crippen molar-refractivity contribution in [3.05, 3.63) is 23.8 Å². The first-order valence-corrected chi connectivity index (χ1v) is 6.89. The molecule has 0 fully saturated rings. The van der Waals surface area contributed by atoms with Crippen LogP contribution < -0.4 is 10.2 Å². The molecule has 0 atom stereocenters. The highest BCUT2D eigenvalue weighted by Crippen LogP contribution is 2.25. The molecule has 0 aliphatic heterocycles. The van der Waals surface area contributed by atoms with Crippen LogP contribution in [0.2, 0.25) is 0 Å². The van der Waals surface area contributed by atoms with Gasteiger partial charge in [-0.3, -0.25) is 0 Å². The van der Waals surface area contributed by atoms with Crippen LogP contribution in [0.1, 0.15) is 40.2 Å². The van der Waals surface area contributed by atoms with E-state index in [1.54, 1.807) is 33.8 Å². The van der Waals surface area contributed by atoms with Crippen molar-refractivity contribution in [2.45, 2.75) is 52.7 Å². The Labute approximate surface area is 121 Å². The van der Waals surface area contributed by atoms with Crippen molar-refractivity contribution >= 4 is 12.6 Å². The second-order valence-electron chi connectivity index (χ2n) is 6.05. The molecule has 0 saturated carbocycles. The predicted octanol–water partition coefficient (Wildman–Crippen LogP) is 1.65. The summed E-state index contributed by atoms with van der Waals surface area (Å²) in [5.41, 5.74) is -0.358. The van der Waals surface area contributed by atoms with Gasteiger partial charge >= 0.3 is 7.12 Å². The Kier molecular flexibility index (Phi) is 5.24. The summed E-state index contributed by atoms with van der Waals surface area (Å²) in [4.78, 5) is 0. The second kappa shape index (κ2) is 6.16. The van der Waals surface area contributed by atoms with Crippen LogP contribution in [-0.2, 0) is 4.65 Å². The Balaban J connectivity index is 2.95. The first kappa shape index (κ1) is 17.0. The molecule has 1 aromatic carbocycles. The van der Waals surface area contributed by atoms with Gasteiger partial charge in [-0.1, -0.05) is 6.07 Å². The van der Waals surface area contributed by atoms with Crippen molar-refractivity contribution in [2.24, 2.45) is 0 Å². The summed E-state index contributed by atoms with van der Waals surface area (Å²) in [6.07, 6.45) is 0. The first-order valence-electron chi connectivity index (χ1n) is 6.89. The smallest absolute Gasteiger partial charge is 0.491 e. The normalized spacial score (nSPS) is 12.4. The van der Waals surface area contributed by atoms with Crippen LogP contribution >= 0.6 is 0 Å². The maximum absolute atomic E-state index is 10.2. The second-order valence-corrected chi connectivity index (χ2v) is 6.05. The Morgan fingerprint density at radius 1 is 1.15 bits per heavy atom. The molecule has 0 aromatic heterocycles. The molecule has 4 nitrogen and oxygen atoms in total. The highest BCUT2D eigenvalue weighted by atomic mass is 16.5. The largest absolute Gasteiger partial charge is 0.494 e. The molecule has 0 bridgehead atoms. The SMILES string of the molecule is CCOc1cc(C)cc(B(O)OC(C)(C)C(C)(C)O)c1. The zero-order chi connectivity index (χ0) is 15.6. The van der Waals surface area contributed by atoms with Gasteiger partial charge in [0.1, 0.15) is 5.75 Å². The Morgan fingerprint density at radius 3 is 2.25 bits per heavy atom. The minimum atomic E-state index is -1.12. The number of aliphatic hydroxyl groups is 1. The molecule has 20 heavy (non-hydrogen) atoms. The molecule has 0 unspecified atom stereocenters. The van der Waals surface area contributed by atoms with E-state index in [-0.39, 0.29) is 0 Å². The van der Waals surface area contributed by atoms with Crippen LogP contribution in [0.3, 0.4) is 0 Å². The first-order chi connectivity index (χ1) is 9.06. The van der Waals surface area contributed by atoms with Crippen molar-refractivity contribution in [1.82, 2.24) is 0 Å². The van der Waals surface area contributed by atoms with Gasteiger partial charge in [0, 0.05) is 0 Å². The summed E-state index contributed by atoms with van der Waals surface area (Å²) >= 11 is 0. The molecule has 5 heteroatoms. The molecular formula is C15H25BO4. The van der Waals surface area contributed by atoms with E-state index >= 15 is 0 Å². The molecule has 2 N–H and O–H groups in total. The molecule has 1 rings (SSSR count). The van der Waals surface area contributed by atoms with Crippen molar-refractivity contribution in [2.75, 3.05) is 6.61 Å². The molecule has 0 spiro atoms. The molecule has 0 radical (unpaired) electrons. The minimum absolute atomic E-state index is 0.564. The van der Waals surface area contributed by atoms with Crippen LogP contribution in [0.25, 0.3) is 0 Å². The third-order valence-electron chi connectivity index (χ3n) is 3.55. The van der Waals surface area contributed by atoms with Crippen LogP contribution in [0.4, 0.5) is 0 Å². The molecule has 0 aliphatic rings. The number of hydrogen-bond donors (Lipinski definition) is 2. The van der Waals surface area contributed by atoms with Crippen LogP contribution in [0.15, 0.2) is 18.2 Å². The van der Waals surface area contributed by atoms with E-state index in [1.807, 2.05) is 26.0 Å². The Hall–Kier alpha value is -1.04. The summed E-state index contributed by atoms with van der Waals surface area (Å²) < 4.78 is 11.1. The molecule has 0 aliphatic carbocycles. The Morgan fingerprint density at radius 2 is 1.75 bits per heavy atom. The number of rotatable bonds is 6. The zero-order valence-electron chi connectivity index (χ0n) is 13.2. The van der Waals surface area contributed by atoms with E-state index in [9.17, 15) is 10.1 Å². The van der Waals surface area contributed by atoms with Crippen LogP contribution in [0, 0.1) is 6.92 Å². The molecule has 0 heterocycles. The fourth-order valence-corrected chi connectivity index (χ4v) is 1.66. The van der Waals surface area contributed by atoms with Crippen molar-refractivity contribution in [3.63, 3.8) is 0 Å². The van der Waals surface area contributed by atoms with E-state index in [0.717, 1.165) is 5.56 Å². The van der Waals surface area contributed by atoms with Gasteiger partial charge in [0.15, 0.2) is 0 Å². The number of hydrogen-bond acceptors (Lipinski definition) is 4. The number of benzene rings is 1. The van der Waals surface area contributed by atoms with Gasteiger partial charge in [0.05, 0.1) is 17.8 Å². The predicted molar refractivity (Wildman–Crippen MR) is 81.4 cm³/mol. The van der Waals surface area contributed by atoms with Crippen molar-refractivity contribution in [3.8, 4) is 5.75 Å². The lowest BCUT2D eigenvalue weighted by molar-refractivity contribution is -0.0982. The summed E-state index contributed by atoms with van der Waals surface area (Å²) in [6, 6.07) is 5.50. The lowest BCUT2D eigenvalue weighted by Crippen LogP contribution is -2.53. The molecule has 112 valence electrons. The van der Waals surface area contributed by atoms with Gasteiger partial charge in [-0.15, -0.1) is 0 Å². The summed E-state index contributed by atoms with van der Waals surface area (Å²) in [5, 5.41) is 20.3. The average Bonchev–Trinajstić information content (AvgIpc) is 2.26. The van der Waals surface area contributed by atoms with E-state index in [4.69, 9.17) is 9.39 Å². The number of ether oxygens (including phenoxy) is 1. The van der Waals surface area contributed by atoms with E-state index in [0.29, 0.717) is 17.8 Å². The lowest BCUT2D eigenvalue weighted by Gasteiger charge is -2.38. The standard InChI is InChI=1S/C15H25BO4/c1-7-19-13-9-11(2)8-12(10-13)16(18)20-15(5,6)14(3,4)17/h8-10,17-18H,7H2,1-6H3. The maximum atomic E-state index is 10.2.